The van der Waals surface area contributed by atoms with Crippen LogP contribution in [0.1, 0.15) is 29.4 Å². The van der Waals surface area contributed by atoms with Crippen LogP contribution in [0.25, 0.3) is 0 Å². The Morgan fingerprint density at radius 1 is 1.28 bits per heavy atom. The first kappa shape index (κ1) is 16.4. The van der Waals surface area contributed by atoms with Gasteiger partial charge in [0.05, 0.1) is 4.88 Å². The lowest BCUT2D eigenvalue weighted by atomic mass is 9.79. The minimum atomic E-state index is -0.00183. The number of nitrogens with two attached hydrogens (primary N) is 1. The van der Waals surface area contributed by atoms with Crippen molar-refractivity contribution in [3.05, 3.63) is 41.3 Å². The molecule has 25 heavy (non-hydrogen) atoms. The first-order chi connectivity index (χ1) is 12.1. The maximum Gasteiger partial charge on any atom is 0.261 e. The van der Waals surface area contributed by atoms with Gasteiger partial charge >= 0.3 is 0 Å². The van der Waals surface area contributed by atoms with Crippen molar-refractivity contribution in [1.82, 2.24) is 10.2 Å². The normalized spacial score (nSPS) is 27.9. The van der Waals surface area contributed by atoms with E-state index < -0.39 is 0 Å². The van der Waals surface area contributed by atoms with Crippen LogP contribution < -0.4 is 15.8 Å². The van der Waals surface area contributed by atoms with E-state index in [0.29, 0.717) is 33.3 Å². The molecule has 2 atom stereocenters. The van der Waals surface area contributed by atoms with Gasteiger partial charge in [-0.25, -0.2) is 0 Å². The minimum absolute atomic E-state index is 0.00183. The zero-order valence-corrected chi connectivity index (χ0v) is 15.1. The summed E-state index contributed by atoms with van der Waals surface area (Å²) in [7, 11) is 0. The lowest BCUT2D eigenvalue weighted by molar-refractivity contribution is 0.0218. The van der Waals surface area contributed by atoms with E-state index in [9.17, 15) is 4.79 Å². The second-order valence-electron chi connectivity index (χ2n) is 6.91. The number of nitrogens with zero attached hydrogens (tertiary/aromatic N) is 1. The van der Waals surface area contributed by atoms with Gasteiger partial charge < -0.3 is 15.8 Å². The number of benzene rings is 1. The Bertz CT molecular complexity index is 766. The van der Waals surface area contributed by atoms with Gasteiger partial charge in [0.15, 0.2) is 5.06 Å². The molecule has 0 aliphatic carbocycles. The number of amides is 1. The summed E-state index contributed by atoms with van der Waals surface area (Å²) in [5.74, 6) is 1.28. The fourth-order valence-corrected chi connectivity index (χ4v) is 4.74. The topological polar surface area (TPSA) is 67.6 Å². The molecule has 3 fully saturated rings. The van der Waals surface area contributed by atoms with Crippen molar-refractivity contribution in [1.29, 1.82) is 0 Å². The van der Waals surface area contributed by atoms with Gasteiger partial charge in [-0.05, 0) is 63.0 Å². The summed E-state index contributed by atoms with van der Waals surface area (Å²) in [6, 6.07) is 11.6. The molecule has 1 aromatic carbocycles. The first-order valence-corrected chi connectivity index (χ1v) is 9.60. The second kappa shape index (κ2) is 6.69. The van der Waals surface area contributed by atoms with Gasteiger partial charge in [0.25, 0.3) is 5.91 Å². The number of fused-ring (bicyclic) bond motifs is 3. The monoisotopic (exact) mass is 357 g/mol. The number of hydrogen-bond acceptors (Lipinski definition) is 5. The Balaban J connectivity index is 1.42. The molecule has 2 unspecified atom stereocenters. The summed E-state index contributed by atoms with van der Waals surface area (Å²) in [5.41, 5.74) is 6.42. The van der Waals surface area contributed by atoms with Crippen LogP contribution in [0.4, 0.5) is 5.69 Å². The molecule has 3 N–H and O–H groups in total. The van der Waals surface area contributed by atoms with Crippen molar-refractivity contribution < 1.29 is 9.53 Å². The van der Waals surface area contributed by atoms with Crippen molar-refractivity contribution in [2.75, 3.05) is 18.8 Å². The number of hydrogen-bond donors (Lipinski definition) is 2. The summed E-state index contributed by atoms with van der Waals surface area (Å²) in [6.07, 6.45) is 2.37. The number of ether oxygens (including phenoxy) is 1. The summed E-state index contributed by atoms with van der Waals surface area (Å²) in [5, 5.41) is 3.95. The molecule has 0 spiro atoms. The molecule has 1 amide bonds. The highest BCUT2D eigenvalue weighted by atomic mass is 32.1. The average Bonchev–Trinajstić information content (AvgIpc) is 3.07. The third-order valence-corrected chi connectivity index (χ3v) is 6.32. The van der Waals surface area contributed by atoms with E-state index >= 15 is 0 Å². The fraction of sp³-hybridized carbons (Fsp3) is 0.421. The zero-order chi connectivity index (χ0) is 17.4. The summed E-state index contributed by atoms with van der Waals surface area (Å²) >= 11 is 1.36. The van der Waals surface area contributed by atoms with Crippen LogP contribution in [0, 0.1) is 5.92 Å². The number of rotatable bonds is 4. The molecule has 3 saturated heterocycles. The number of thiophene rings is 1. The highest BCUT2D eigenvalue weighted by Gasteiger charge is 2.40. The van der Waals surface area contributed by atoms with Gasteiger partial charge in [0.2, 0.25) is 0 Å². The predicted molar refractivity (Wildman–Crippen MR) is 100 cm³/mol. The second-order valence-corrected chi connectivity index (χ2v) is 7.95. The molecule has 3 aliphatic rings. The van der Waals surface area contributed by atoms with Crippen LogP contribution in [0.5, 0.6) is 10.8 Å². The van der Waals surface area contributed by atoms with E-state index in [1.165, 1.54) is 24.2 Å². The van der Waals surface area contributed by atoms with Crippen LogP contribution in [-0.2, 0) is 0 Å². The average molecular weight is 357 g/mol. The van der Waals surface area contributed by atoms with Gasteiger partial charge in [-0.1, -0.05) is 17.4 Å². The molecule has 5 rings (SSSR count). The minimum Gasteiger partial charge on any atom is -0.447 e. The van der Waals surface area contributed by atoms with E-state index in [1.807, 2.05) is 30.3 Å². The van der Waals surface area contributed by atoms with Crippen molar-refractivity contribution in [3.8, 4) is 10.8 Å². The zero-order valence-electron chi connectivity index (χ0n) is 14.3. The quantitative estimate of drug-likeness (QED) is 0.824. The number of anilines is 1. The first-order valence-electron chi connectivity index (χ1n) is 8.78. The fourth-order valence-electron chi connectivity index (χ4n) is 3.96. The number of carbonyl (C=O) groups is 1. The van der Waals surface area contributed by atoms with Gasteiger partial charge in [-0.15, -0.1) is 0 Å². The lowest BCUT2D eigenvalue weighted by Crippen LogP contribution is -2.62. The molecule has 1 aromatic heterocycles. The van der Waals surface area contributed by atoms with E-state index in [-0.39, 0.29) is 11.9 Å². The molecular formula is C19H23N3O2S. The largest absolute Gasteiger partial charge is 0.447 e. The number of piperidine rings is 3. The maximum atomic E-state index is 12.7. The number of nitrogens with one attached hydrogen (secondary N) is 1. The highest BCUT2D eigenvalue weighted by Crippen LogP contribution is 2.33. The van der Waals surface area contributed by atoms with Crippen molar-refractivity contribution in [2.45, 2.75) is 31.8 Å². The Labute approximate surface area is 151 Å². The SMILES string of the molecule is CC1C(NC(=O)c2ccc(Oc3cccc(N)c3)s2)C2CCN1CC2. The third-order valence-electron chi connectivity index (χ3n) is 5.36. The molecule has 5 nitrogen and oxygen atoms in total. The molecule has 0 radical (unpaired) electrons. The molecule has 2 aromatic rings. The van der Waals surface area contributed by atoms with Crippen LogP contribution >= 0.6 is 11.3 Å². The van der Waals surface area contributed by atoms with Gasteiger partial charge in [-0.2, -0.15) is 0 Å². The molecular weight excluding hydrogens is 334 g/mol. The van der Waals surface area contributed by atoms with Crippen molar-refractivity contribution >= 4 is 22.9 Å². The van der Waals surface area contributed by atoms with Gasteiger partial charge in [0, 0.05) is 23.8 Å². The van der Waals surface area contributed by atoms with E-state index in [0.717, 1.165) is 13.1 Å². The molecule has 6 heteroatoms. The highest BCUT2D eigenvalue weighted by molar-refractivity contribution is 7.15. The van der Waals surface area contributed by atoms with Crippen LogP contribution in [0.2, 0.25) is 0 Å². The predicted octanol–water partition coefficient (Wildman–Crippen LogP) is 3.34. The van der Waals surface area contributed by atoms with Crippen LogP contribution in [-0.4, -0.2) is 36.0 Å². The van der Waals surface area contributed by atoms with Crippen LogP contribution in [0.3, 0.4) is 0 Å². The summed E-state index contributed by atoms with van der Waals surface area (Å²) < 4.78 is 5.80. The standard InChI is InChI=1S/C19H23N3O2S/c1-12-18(13-7-9-22(12)10-8-13)21-19(23)16-5-6-17(25-16)24-15-4-2-3-14(20)11-15/h2-6,11-13,18H,7-10,20H2,1H3,(H,21,23). The van der Waals surface area contributed by atoms with E-state index in [2.05, 4.69) is 17.1 Å². The number of carbonyl (C=O) groups excluding carboxylic acids is 1. The smallest absolute Gasteiger partial charge is 0.261 e. The Hall–Kier alpha value is -2.05. The summed E-state index contributed by atoms with van der Waals surface area (Å²) in [4.78, 5) is 15.8. The van der Waals surface area contributed by atoms with Crippen LogP contribution in [0.15, 0.2) is 36.4 Å². The maximum absolute atomic E-state index is 12.7. The van der Waals surface area contributed by atoms with Crippen molar-refractivity contribution in [2.24, 2.45) is 5.92 Å². The molecule has 2 bridgehead atoms. The summed E-state index contributed by atoms with van der Waals surface area (Å²) in [6.45, 7) is 4.55. The molecule has 0 saturated carbocycles. The number of nitrogen functional groups attached to an aromatic ring is 1. The Kier molecular flexibility index (Phi) is 4.39. The van der Waals surface area contributed by atoms with Crippen molar-refractivity contribution in [3.63, 3.8) is 0 Å². The van der Waals surface area contributed by atoms with Gasteiger partial charge in [0.1, 0.15) is 5.75 Å². The van der Waals surface area contributed by atoms with E-state index in [1.54, 1.807) is 6.07 Å². The lowest BCUT2D eigenvalue weighted by Gasteiger charge is -2.49. The molecule has 132 valence electrons. The Morgan fingerprint density at radius 3 is 2.80 bits per heavy atom. The Morgan fingerprint density at radius 2 is 2.08 bits per heavy atom. The van der Waals surface area contributed by atoms with E-state index in [4.69, 9.17) is 10.5 Å². The molecule has 3 aliphatic heterocycles. The van der Waals surface area contributed by atoms with Gasteiger partial charge in [-0.3, -0.25) is 9.69 Å². The molecule has 4 heterocycles. The third kappa shape index (κ3) is 3.37.